The zero-order valence-electron chi connectivity index (χ0n) is 10.3. The van der Waals surface area contributed by atoms with Crippen molar-refractivity contribution in [1.29, 1.82) is 0 Å². The van der Waals surface area contributed by atoms with E-state index >= 15 is 0 Å². The Morgan fingerprint density at radius 3 is 2.67 bits per heavy atom. The second-order valence-corrected chi connectivity index (χ2v) is 4.96. The molecule has 1 aromatic rings. The Morgan fingerprint density at radius 1 is 1.39 bits per heavy atom. The summed E-state index contributed by atoms with van der Waals surface area (Å²) in [5.74, 6) is 1.41. The van der Waals surface area contributed by atoms with E-state index in [1.54, 1.807) is 0 Å². The lowest BCUT2D eigenvalue weighted by Gasteiger charge is -2.14. The van der Waals surface area contributed by atoms with Gasteiger partial charge in [0.2, 0.25) is 12.7 Å². The number of nitrogens with one attached hydrogen (secondary N) is 1. The molecule has 1 saturated carbocycles. The van der Waals surface area contributed by atoms with Gasteiger partial charge in [-0.15, -0.1) is 0 Å². The van der Waals surface area contributed by atoms with Crippen LogP contribution in [-0.4, -0.2) is 19.2 Å². The van der Waals surface area contributed by atoms with Crippen molar-refractivity contribution in [2.45, 2.75) is 19.8 Å². The molecule has 0 radical (unpaired) electrons. The molecular weight excluding hydrogens is 232 g/mol. The predicted molar refractivity (Wildman–Crippen MR) is 66.7 cm³/mol. The Labute approximate surface area is 105 Å². The maximum atomic E-state index is 12.1. The van der Waals surface area contributed by atoms with Crippen molar-refractivity contribution in [2.24, 2.45) is 11.1 Å². The zero-order chi connectivity index (χ0) is 12.8. The van der Waals surface area contributed by atoms with Gasteiger partial charge in [0.25, 0.3) is 0 Å². The van der Waals surface area contributed by atoms with Crippen LogP contribution in [0.25, 0.3) is 0 Å². The molecule has 0 saturated heterocycles. The van der Waals surface area contributed by atoms with Crippen LogP contribution in [0, 0.1) is 12.3 Å². The summed E-state index contributed by atoms with van der Waals surface area (Å²) in [6.07, 6.45) is 1.75. The first-order valence-corrected chi connectivity index (χ1v) is 6.06. The molecule has 3 rings (SSSR count). The minimum absolute atomic E-state index is 0.00645. The minimum atomic E-state index is -0.344. The summed E-state index contributed by atoms with van der Waals surface area (Å²) in [6.45, 7) is 2.57. The zero-order valence-corrected chi connectivity index (χ0v) is 10.3. The quantitative estimate of drug-likeness (QED) is 0.848. The summed E-state index contributed by atoms with van der Waals surface area (Å²) >= 11 is 0. The Morgan fingerprint density at radius 2 is 2.06 bits per heavy atom. The number of benzene rings is 1. The van der Waals surface area contributed by atoms with E-state index < -0.39 is 0 Å². The minimum Gasteiger partial charge on any atom is -0.454 e. The molecule has 5 heteroatoms. The third kappa shape index (κ3) is 1.71. The van der Waals surface area contributed by atoms with E-state index in [4.69, 9.17) is 15.2 Å². The highest BCUT2D eigenvalue weighted by atomic mass is 16.7. The number of fused-ring (bicyclic) bond motifs is 1. The standard InChI is InChI=1S/C13H16N2O3/c1-8-4-10-11(18-7-17-10)5-9(8)15-12(16)13(6-14)2-3-13/h4-5H,2-3,6-7,14H2,1H3,(H,15,16). The molecule has 18 heavy (non-hydrogen) atoms. The molecule has 0 unspecified atom stereocenters. The second-order valence-electron chi connectivity index (χ2n) is 4.96. The SMILES string of the molecule is Cc1cc2c(cc1NC(=O)C1(CN)CC1)OCO2. The highest BCUT2D eigenvalue weighted by molar-refractivity contribution is 5.98. The summed E-state index contributed by atoms with van der Waals surface area (Å²) in [5.41, 5.74) is 7.03. The summed E-state index contributed by atoms with van der Waals surface area (Å²) < 4.78 is 10.6. The van der Waals surface area contributed by atoms with E-state index in [1.165, 1.54) is 0 Å². The van der Waals surface area contributed by atoms with Gasteiger partial charge in [-0.1, -0.05) is 0 Å². The molecule has 1 aliphatic heterocycles. The van der Waals surface area contributed by atoms with Gasteiger partial charge in [-0.2, -0.15) is 0 Å². The number of nitrogens with two attached hydrogens (primary N) is 1. The first-order valence-electron chi connectivity index (χ1n) is 6.06. The number of carbonyl (C=O) groups excluding carboxylic acids is 1. The Bertz CT molecular complexity index is 509. The average molecular weight is 248 g/mol. The van der Waals surface area contributed by atoms with Crippen molar-refractivity contribution in [3.05, 3.63) is 17.7 Å². The van der Waals surface area contributed by atoms with Crippen molar-refractivity contribution in [1.82, 2.24) is 0 Å². The Balaban J connectivity index is 1.83. The van der Waals surface area contributed by atoms with Crippen LogP contribution < -0.4 is 20.5 Å². The Hall–Kier alpha value is -1.75. The lowest BCUT2D eigenvalue weighted by atomic mass is 10.1. The topological polar surface area (TPSA) is 73.6 Å². The smallest absolute Gasteiger partial charge is 0.231 e. The van der Waals surface area contributed by atoms with Crippen molar-refractivity contribution < 1.29 is 14.3 Å². The number of carbonyl (C=O) groups is 1. The molecule has 0 atom stereocenters. The van der Waals surface area contributed by atoms with Gasteiger partial charge in [0.1, 0.15) is 0 Å². The van der Waals surface area contributed by atoms with Gasteiger partial charge in [0.15, 0.2) is 11.5 Å². The van der Waals surface area contributed by atoms with Gasteiger partial charge in [-0.05, 0) is 31.4 Å². The van der Waals surface area contributed by atoms with Crippen molar-refractivity contribution in [3.63, 3.8) is 0 Å². The fraction of sp³-hybridized carbons (Fsp3) is 0.462. The predicted octanol–water partition coefficient (Wildman–Crippen LogP) is 1.40. The van der Waals surface area contributed by atoms with Gasteiger partial charge in [0.05, 0.1) is 5.41 Å². The molecule has 1 fully saturated rings. The van der Waals surface area contributed by atoms with Crippen LogP contribution in [-0.2, 0) is 4.79 Å². The summed E-state index contributed by atoms with van der Waals surface area (Å²) in [6, 6.07) is 3.68. The molecule has 0 spiro atoms. The van der Waals surface area contributed by atoms with Gasteiger partial charge in [0, 0.05) is 18.3 Å². The number of hydrogen-bond acceptors (Lipinski definition) is 4. The maximum absolute atomic E-state index is 12.1. The van der Waals surface area contributed by atoms with E-state index in [1.807, 2.05) is 19.1 Å². The fourth-order valence-corrected chi connectivity index (χ4v) is 2.11. The van der Waals surface area contributed by atoms with Crippen molar-refractivity contribution in [3.8, 4) is 11.5 Å². The summed E-state index contributed by atoms with van der Waals surface area (Å²) in [5, 5.41) is 2.94. The van der Waals surface area contributed by atoms with Gasteiger partial charge in [-0.25, -0.2) is 0 Å². The van der Waals surface area contributed by atoms with Gasteiger partial charge >= 0.3 is 0 Å². The second kappa shape index (κ2) is 3.88. The van der Waals surface area contributed by atoms with Crippen molar-refractivity contribution >= 4 is 11.6 Å². The molecule has 1 aromatic carbocycles. The van der Waals surface area contributed by atoms with E-state index in [0.717, 1.165) is 29.8 Å². The van der Waals surface area contributed by atoms with E-state index in [0.29, 0.717) is 12.3 Å². The maximum Gasteiger partial charge on any atom is 0.231 e. The van der Waals surface area contributed by atoms with E-state index in [-0.39, 0.29) is 18.1 Å². The average Bonchev–Trinajstić information content (AvgIpc) is 3.04. The van der Waals surface area contributed by atoms with Crippen LogP contribution in [0.4, 0.5) is 5.69 Å². The number of anilines is 1. The van der Waals surface area contributed by atoms with E-state index in [9.17, 15) is 4.79 Å². The first-order chi connectivity index (χ1) is 8.64. The molecule has 0 bridgehead atoms. The van der Waals surface area contributed by atoms with Crippen molar-refractivity contribution in [2.75, 3.05) is 18.7 Å². The van der Waals surface area contributed by atoms with Crippen LogP contribution in [0.1, 0.15) is 18.4 Å². The normalized spacial score (nSPS) is 18.6. The third-order valence-corrected chi connectivity index (χ3v) is 3.69. The number of ether oxygens (including phenoxy) is 2. The number of amides is 1. The lowest BCUT2D eigenvalue weighted by molar-refractivity contribution is -0.120. The molecule has 2 aliphatic rings. The first kappa shape index (κ1) is 11.3. The summed E-state index contributed by atoms with van der Waals surface area (Å²) in [7, 11) is 0. The molecule has 3 N–H and O–H groups in total. The monoisotopic (exact) mass is 248 g/mol. The molecule has 5 nitrogen and oxygen atoms in total. The summed E-state index contributed by atoms with van der Waals surface area (Å²) in [4.78, 5) is 12.1. The van der Waals surface area contributed by atoms with E-state index in [2.05, 4.69) is 5.32 Å². The fourth-order valence-electron chi connectivity index (χ4n) is 2.11. The highest BCUT2D eigenvalue weighted by Gasteiger charge is 2.48. The molecule has 1 aliphatic carbocycles. The molecule has 0 aromatic heterocycles. The largest absolute Gasteiger partial charge is 0.454 e. The Kier molecular flexibility index (Phi) is 2.45. The van der Waals surface area contributed by atoms with Crippen LogP contribution in [0.3, 0.4) is 0 Å². The molecule has 96 valence electrons. The lowest BCUT2D eigenvalue weighted by Crippen LogP contribution is -2.31. The van der Waals surface area contributed by atoms with Crippen LogP contribution in [0.2, 0.25) is 0 Å². The van der Waals surface area contributed by atoms with Gasteiger partial charge < -0.3 is 20.5 Å². The molecule has 1 heterocycles. The highest BCUT2D eigenvalue weighted by Crippen LogP contribution is 2.46. The molecule has 1 amide bonds. The third-order valence-electron chi connectivity index (χ3n) is 3.69. The van der Waals surface area contributed by atoms with Crippen LogP contribution in [0.5, 0.6) is 11.5 Å². The number of rotatable bonds is 3. The van der Waals surface area contributed by atoms with Crippen LogP contribution >= 0.6 is 0 Å². The van der Waals surface area contributed by atoms with Gasteiger partial charge in [-0.3, -0.25) is 4.79 Å². The number of aryl methyl sites for hydroxylation is 1. The van der Waals surface area contributed by atoms with Crippen LogP contribution in [0.15, 0.2) is 12.1 Å². The molecular formula is C13H16N2O3. The number of hydrogen-bond donors (Lipinski definition) is 2.